The number of methoxy groups -OCH3 is 1. The maximum absolute atomic E-state index is 14.1. The quantitative estimate of drug-likeness (QED) is 0.898. The Morgan fingerprint density at radius 3 is 2.60 bits per heavy atom. The number of ether oxygens (including phenoxy) is 1. The SMILES string of the molecule is CNC(Cc1cccc(C)c1)c1c(F)cccc1OC. The monoisotopic (exact) mass is 273 g/mol. The van der Waals surface area contributed by atoms with E-state index in [4.69, 9.17) is 4.74 Å². The van der Waals surface area contributed by atoms with Crippen molar-refractivity contribution in [1.29, 1.82) is 0 Å². The van der Waals surface area contributed by atoms with E-state index in [1.807, 2.05) is 13.1 Å². The van der Waals surface area contributed by atoms with Crippen molar-refractivity contribution >= 4 is 0 Å². The van der Waals surface area contributed by atoms with Crippen molar-refractivity contribution in [3.8, 4) is 5.75 Å². The van der Waals surface area contributed by atoms with Crippen LogP contribution in [-0.2, 0) is 6.42 Å². The summed E-state index contributed by atoms with van der Waals surface area (Å²) in [7, 11) is 3.41. The Morgan fingerprint density at radius 2 is 1.95 bits per heavy atom. The summed E-state index contributed by atoms with van der Waals surface area (Å²) in [6.07, 6.45) is 0.718. The average molecular weight is 273 g/mol. The molecule has 0 heterocycles. The van der Waals surface area contributed by atoms with Crippen LogP contribution in [0, 0.1) is 12.7 Å². The number of rotatable bonds is 5. The number of nitrogens with one attached hydrogen (secondary N) is 1. The summed E-state index contributed by atoms with van der Waals surface area (Å²) in [5.41, 5.74) is 2.96. The predicted octanol–water partition coefficient (Wildman–Crippen LogP) is 3.65. The molecule has 0 saturated carbocycles. The van der Waals surface area contributed by atoms with E-state index in [9.17, 15) is 4.39 Å². The van der Waals surface area contributed by atoms with Crippen molar-refractivity contribution in [2.45, 2.75) is 19.4 Å². The molecule has 0 fully saturated rings. The topological polar surface area (TPSA) is 21.3 Å². The number of halogens is 1. The van der Waals surface area contributed by atoms with Crippen molar-refractivity contribution in [2.24, 2.45) is 0 Å². The molecule has 2 rings (SSSR count). The van der Waals surface area contributed by atoms with Crippen LogP contribution in [0.1, 0.15) is 22.7 Å². The second-order valence-electron chi connectivity index (χ2n) is 4.89. The lowest BCUT2D eigenvalue weighted by Gasteiger charge is -2.20. The zero-order chi connectivity index (χ0) is 14.5. The molecule has 2 aromatic rings. The Bertz CT molecular complexity index is 583. The van der Waals surface area contributed by atoms with Crippen LogP contribution in [0.2, 0.25) is 0 Å². The summed E-state index contributed by atoms with van der Waals surface area (Å²) in [6.45, 7) is 2.06. The first-order valence-electron chi connectivity index (χ1n) is 6.71. The molecule has 106 valence electrons. The summed E-state index contributed by atoms with van der Waals surface area (Å²) < 4.78 is 19.4. The van der Waals surface area contributed by atoms with Crippen LogP contribution in [0.15, 0.2) is 42.5 Å². The summed E-state index contributed by atoms with van der Waals surface area (Å²) in [4.78, 5) is 0. The number of benzene rings is 2. The molecule has 0 saturated heterocycles. The third-order valence-corrected chi connectivity index (χ3v) is 3.45. The molecule has 1 atom stereocenters. The number of aryl methyl sites for hydroxylation is 1. The van der Waals surface area contributed by atoms with E-state index in [1.165, 1.54) is 17.2 Å². The van der Waals surface area contributed by atoms with Crippen molar-refractivity contribution in [2.75, 3.05) is 14.2 Å². The van der Waals surface area contributed by atoms with Crippen molar-refractivity contribution in [1.82, 2.24) is 5.32 Å². The third kappa shape index (κ3) is 3.17. The molecule has 2 aromatic carbocycles. The second-order valence-corrected chi connectivity index (χ2v) is 4.89. The summed E-state index contributed by atoms with van der Waals surface area (Å²) >= 11 is 0. The molecule has 20 heavy (non-hydrogen) atoms. The molecule has 0 aromatic heterocycles. The Labute approximate surface area is 119 Å². The van der Waals surface area contributed by atoms with E-state index >= 15 is 0 Å². The van der Waals surface area contributed by atoms with Gasteiger partial charge in [0.2, 0.25) is 0 Å². The second kappa shape index (κ2) is 6.53. The minimum atomic E-state index is -0.239. The minimum absolute atomic E-state index is 0.118. The Morgan fingerprint density at radius 1 is 1.20 bits per heavy atom. The van der Waals surface area contributed by atoms with E-state index in [1.54, 1.807) is 19.2 Å². The molecule has 0 aliphatic carbocycles. The lowest BCUT2D eigenvalue weighted by molar-refractivity contribution is 0.393. The van der Waals surface area contributed by atoms with Gasteiger partial charge in [0.15, 0.2) is 0 Å². The van der Waals surface area contributed by atoms with E-state index in [0.717, 1.165) is 6.42 Å². The maximum Gasteiger partial charge on any atom is 0.131 e. The molecule has 3 heteroatoms. The lowest BCUT2D eigenvalue weighted by atomic mass is 9.97. The average Bonchev–Trinajstić information content (AvgIpc) is 2.45. The minimum Gasteiger partial charge on any atom is -0.496 e. The van der Waals surface area contributed by atoms with Crippen molar-refractivity contribution in [3.05, 3.63) is 65.0 Å². The van der Waals surface area contributed by atoms with Crippen LogP contribution in [-0.4, -0.2) is 14.2 Å². The number of likely N-dealkylation sites (N-methyl/N-ethyl adjacent to an activating group) is 1. The molecule has 0 amide bonds. The molecule has 0 aliphatic heterocycles. The number of hydrogen-bond acceptors (Lipinski definition) is 2. The van der Waals surface area contributed by atoms with E-state index in [-0.39, 0.29) is 11.9 Å². The number of hydrogen-bond donors (Lipinski definition) is 1. The zero-order valence-corrected chi connectivity index (χ0v) is 12.1. The predicted molar refractivity (Wildman–Crippen MR) is 79.6 cm³/mol. The third-order valence-electron chi connectivity index (χ3n) is 3.45. The van der Waals surface area contributed by atoms with Crippen molar-refractivity contribution in [3.63, 3.8) is 0 Å². The standard InChI is InChI=1S/C17H20FNO/c1-12-6-4-7-13(10-12)11-15(19-2)17-14(18)8-5-9-16(17)20-3/h4-10,15,19H,11H2,1-3H3. The van der Waals surface area contributed by atoms with Crippen LogP contribution in [0.3, 0.4) is 0 Å². The summed E-state index contributed by atoms with van der Waals surface area (Å²) in [5, 5.41) is 3.18. The van der Waals surface area contributed by atoms with E-state index in [0.29, 0.717) is 11.3 Å². The van der Waals surface area contributed by atoms with Crippen LogP contribution >= 0.6 is 0 Å². The first-order chi connectivity index (χ1) is 9.65. The van der Waals surface area contributed by atoms with Gasteiger partial charge in [0.25, 0.3) is 0 Å². The van der Waals surface area contributed by atoms with Gasteiger partial charge in [-0.1, -0.05) is 35.9 Å². The lowest BCUT2D eigenvalue weighted by Crippen LogP contribution is -2.21. The van der Waals surface area contributed by atoms with Crippen LogP contribution in [0.25, 0.3) is 0 Å². The fraction of sp³-hybridized carbons (Fsp3) is 0.294. The first kappa shape index (κ1) is 14.5. The summed E-state index contributed by atoms with van der Waals surface area (Å²) in [6, 6.07) is 13.1. The molecule has 0 bridgehead atoms. The van der Waals surface area contributed by atoms with Gasteiger partial charge >= 0.3 is 0 Å². The molecule has 0 spiro atoms. The van der Waals surface area contributed by atoms with Gasteiger partial charge in [0.05, 0.1) is 7.11 Å². The van der Waals surface area contributed by atoms with Gasteiger partial charge in [-0.2, -0.15) is 0 Å². The molecule has 2 nitrogen and oxygen atoms in total. The molecule has 1 N–H and O–H groups in total. The van der Waals surface area contributed by atoms with Gasteiger partial charge in [-0.05, 0) is 38.1 Å². The van der Waals surface area contributed by atoms with Gasteiger partial charge in [-0.25, -0.2) is 4.39 Å². The van der Waals surface area contributed by atoms with Gasteiger partial charge in [-0.15, -0.1) is 0 Å². The fourth-order valence-corrected chi connectivity index (χ4v) is 2.46. The molecular formula is C17H20FNO. The molecule has 0 aliphatic rings. The van der Waals surface area contributed by atoms with Gasteiger partial charge < -0.3 is 10.1 Å². The normalized spacial score (nSPS) is 12.2. The Kier molecular flexibility index (Phi) is 4.74. The largest absolute Gasteiger partial charge is 0.496 e. The highest BCUT2D eigenvalue weighted by atomic mass is 19.1. The van der Waals surface area contributed by atoms with Crippen LogP contribution < -0.4 is 10.1 Å². The Balaban J connectivity index is 2.33. The van der Waals surface area contributed by atoms with Gasteiger partial charge in [0, 0.05) is 11.6 Å². The highest BCUT2D eigenvalue weighted by Gasteiger charge is 2.19. The smallest absolute Gasteiger partial charge is 0.131 e. The van der Waals surface area contributed by atoms with Crippen LogP contribution in [0.5, 0.6) is 5.75 Å². The van der Waals surface area contributed by atoms with Gasteiger partial charge in [0.1, 0.15) is 11.6 Å². The highest BCUT2D eigenvalue weighted by molar-refractivity contribution is 5.38. The van der Waals surface area contributed by atoms with Crippen LogP contribution in [0.4, 0.5) is 4.39 Å². The molecule has 1 unspecified atom stereocenters. The highest BCUT2D eigenvalue weighted by Crippen LogP contribution is 2.30. The molecular weight excluding hydrogens is 253 g/mol. The first-order valence-corrected chi connectivity index (χ1v) is 6.71. The van der Waals surface area contributed by atoms with E-state index < -0.39 is 0 Å². The zero-order valence-electron chi connectivity index (χ0n) is 12.1. The van der Waals surface area contributed by atoms with E-state index in [2.05, 4.69) is 30.4 Å². The summed E-state index contributed by atoms with van der Waals surface area (Å²) in [5.74, 6) is 0.341. The van der Waals surface area contributed by atoms with Crippen molar-refractivity contribution < 1.29 is 9.13 Å². The molecule has 0 radical (unpaired) electrons. The Hall–Kier alpha value is -1.87. The fourth-order valence-electron chi connectivity index (χ4n) is 2.46. The van der Waals surface area contributed by atoms with Gasteiger partial charge in [-0.3, -0.25) is 0 Å². The maximum atomic E-state index is 14.1.